The molecule has 1 aliphatic heterocycles. The molecule has 2 heteroatoms. The highest BCUT2D eigenvalue weighted by molar-refractivity contribution is 4.77. The van der Waals surface area contributed by atoms with Crippen molar-refractivity contribution < 1.29 is 0 Å². The topological polar surface area (TPSA) is 26.3 Å². The second kappa shape index (κ2) is 2.03. The van der Waals surface area contributed by atoms with Crippen molar-refractivity contribution in [3.8, 4) is 0 Å². The van der Waals surface area contributed by atoms with E-state index in [1.165, 1.54) is 0 Å². The lowest BCUT2D eigenvalue weighted by atomic mass is 10.0. The third-order valence-corrected chi connectivity index (χ3v) is 1.95. The lowest BCUT2D eigenvalue weighted by Crippen LogP contribution is -2.10. The van der Waals surface area contributed by atoms with E-state index in [1.54, 1.807) is 0 Å². The van der Waals surface area contributed by atoms with Gasteiger partial charge in [0.15, 0.2) is 0 Å². The van der Waals surface area contributed by atoms with E-state index in [2.05, 4.69) is 13.8 Å². The maximum Gasteiger partial charge on any atom is -0.0115 e. The second-order valence-corrected chi connectivity index (χ2v) is 2.80. The van der Waals surface area contributed by atoms with Crippen LogP contribution in [0.2, 0.25) is 0 Å². The van der Waals surface area contributed by atoms with E-state index in [4.69, 9.17) is 0 Å². The van der Waals surface area contributed by atoms with E-state index < -0.39 is 0 Å². The minimum Gasteiger partial charge on any atom is -0.785 e. The lowest BCUT2D eigenvalue weighted by Gasteiger charge is -2.20. The van der Waals surface area contributed by atoms with Gasteiger partial charge < -0.3 is 10.3 Å². The first-order valence-electron chi connectivity index (χ1n) is 3.12. The number of hydrogen-bond donors (Lipinski definition) is 0. The number of nitrogens with zero attached hydrogens (tertiary/aromatic N) is 1. The fraction of sp³-hybridized carbons (Fsp3) is 1.00. The van der Waals surface area contributed by atoms with Gasteiger partial charge in [-0.05, 0) is 24.9 Å². The monoisotopic (exact) mass is 114 g/mol. The number of hydrogen-bond acceptors (Lipinski definition) is 2. The van der Waals surface area contributed by atoms with Crippen LogP contribution >= 0.6 is 0 Å². The lowest BCUT2D eigenvalue weighted by molar-refractivity contribution is 0.448. The minimum atomic E-state index is 0.604. The fourth-order valence-electron chi connectivity index (χ4n) is 1.08. The van der Waals surface area contributed by atoms with Gasteiger partial charge in [-0.1, -0.05) is 13.8 Å². The Labute approximate surface area is 50.1 Å². The largest absolute Gasteiger partial charge is 0.785 e. The van der Waals surface area contributed by atoms with Crippen LogP contribution in [0.4, 0.5) is 0 Å². The van der Waals surface area contributed by atoms with Crippen LogP contribution in [0.15, 0.2) is 0 Å². The van der Waals surface area contributed by atoms with Gasteiger partial charge >= 0.3 is 0 Å². The summed E-state index contributed by atoms with van der Waals surface area (Å²) in [6.07, 6.45) is 0. The van der Waals surface area contributed by atoms with Crippen molar-refractivity contribution in [3.05, 3.63) is 5.21 Å². The first-order valence-corrected chi connectivity index (χ1v) is 3.12. The Bertz CT molecular complexity index is 74.6. The predicted octanol–water partition coefficient (Wildman–Crippen LogP) is 1.07. The molecular weight excluding hydrogens is 102 g/mol. The molecule has 0 aromatic carbocycles. The SMILES string of the molecule is CC1CN([O-])CC1C. The summed E-state index contributed by atoms with van der Waals surface area (Å²) in [5.41, 5.74) is 0. The summed E-state index contributed by atoms with van der Waals surface area (Å²) in [5, 5.41) is 11.7. The first-order chi connectivity index (χ1) is 3.70. The number of hydroxylamine groups is 2. The molecule has 1 heterocycles. The Kier molecular flexibility index (Phi) is 1.54. The zero-order valence-electron chi connectivity index (χ0n) is 5.42. The van der Waals surface area contributed by atoms with Crippen LogP contribution in [0.1, 0.15) is 13.8 Å². The molecule has 1 aliphatic rings. The van der Waals surface area contributed by atoms with Crippen molar-refractivity contribution >= 4 is 0 Å². The van der Waals surface area contributed by atoms with Crippen LogP contribution in [0.5, 0.6) is 0 Å². The second-order valence-electron chi connectivity index (χ2n) is 2.80. The predicted molar refractivity (Wildman–Crippen MR) is 33.3 cm³/mol. The molecule has 1 rings (SSSR count). The Morgan fingerprint density at radius 1 is 1.25 bits per heavy atom. The van der Waals surface area contributed by atoms with Crippen LogP contribution in [0.3, 0.4) is 0 Å². The summed E-state index contributed by atoms with van der Waals surface area (Å²) in [5.74, 6) is 1.21. The maximum atomic E-state index is 10.6. The van der Waals surface area contributed by atoms with Crippen LogP contribution < -0.4 is 0 Å². The molecular formula is C6H12NO-. The summed E-state index contributed by atoms with van der Waals surface area (Å²) in [4.78, 5) is 0. The van der Waals surface area contributed by atoms with Crippen molar-refractivity contribution in [2.24, 2.45) is 11.8 Å². The molecule has 0 radical (unpaired) electrons. The molecule has 0 aromatic rings. The van der Waals surface area contributed by atoms with E-state index >= 15 is 0 Å². The molecule has 2 unspecified atom stereocenters. The molecule has 48 valence electrons. The highest BCUT2D eigenvalue weighted by Gasteiger charge is 2.19. The van der Waals surface area contributed by atoms with Crippen LogP contribution in [0.25, 0.3) is 0 Å². The van der Waals surface area contributed by atoms with Gasteiger partial charge in [-0.2, -0.15) is 0 Å². The average Bonchev–Trinajstić information content (AvgIpc) is 1.85. The van der Waals surface area contributed by atoms with Crippen LogP contribution in [0, 0.1) is 17.0 Å². The van der Waals surface area contributed by atoms with Crippen molar-refractivity contribution in [2.75, 3.05) is 13.1 Å². The maximum absolute atomic E-state index is 10.6. The molecule has 0 N–H and O–H groups in total. The molecule has 0 aliphatic carbocycles. The van der Waals surface area contributed by atoms with Crippen molar-refractivity contribution in [1.82, 2.24) is 5.06 Å². The van der Waals surface area contributed by atoms with Crippen LogP contribution in [-0.4, -0.2) is 18.2 Å². The highest BCUT2D eigenvalue weighted by atomic mass is 16.5. The zero-order valence-corrected chi connectivity index (χ0v) is 5.42. The minimum absolute atomic E-state index is 0.604. The summed E-state index contributed by atoms with van der Waals surface area (Å²) < 4.78 is 0. The molecule has 0 bridgehead atoms. The van der Waals surface area contributed by atoms with E-state index in [-0.39, 0.29) is 0 Å². The summed E-state index contributed by atoms with van der Waals surface area (Å²) in [6, 6.07) is 0. The standard InChI is InChI=1S/C6H12NO/c1-5-3-7(8)4-6(5)2/h5-6H,3-4H2,1-2H3/q-1. The third-order valence-electron chi connectivity index (χ3n) is 1.95. The zero-order chi connectivity index (χ0) is 6.15. The Morgan fingerprint density at radius 2 is 1.62 bits per heavy atom. The highest BCUT2D eigenvalue weighted by Crippen LogP contribution is 2.20. The molecule has 8 heavy (non-hydrogen) atoms. The molecule has 0 amide bonds. The van der Waals surface area contributed by atoms with E-state index in [0.29, 0.717) is 11.8 Å². The fourth-order valence-corrected chi connectivity index (χ4v) is 1.08. The van der Waals surface area contributed by atoms with Crippen LogP contribution in [-0.2, 0) is 0 Å². The Hall–Kier alpha value is -0.0800. The van der Waals surface area contributed by atoms with Gasteiger partial charge in [-0.3, -0.25) is 0 Å². The Morgan fingerprint density at radius 3 is 1.75 bits per heavy atom. The average molecular weight is 114 g/mol. The van der Waals surface area contributed by atoms with Gasteiger partial charge in [-0.25, -0.2) is 0 Å². The van der Waals surface area contributed by atoms with Crippen molar-refractivity contribution in [1.29, 1.82) is 0 Å². The number of rotatable bonds is 0. The summed E-state index contributed by atoms with van der Waals surface area (Å²) in [7, 11) is 0. The van der Waals surface area contributed by atoms with Gasteiger partial charge in [0.25, 0.3) is 0 Å². The molecule has 0 spiro atoms. The molecule has 2 atom stereocenters. The van der Waals surface area contributed by atoms with Crippen molar-refractivity contribution in [3.63, 3.8) is 0 Å². The van der Waals surface area contributed by atoms with E-state index in [1.807, 2.05) is 0 Å². The molecule has 0 saturated carbocycles. The van der Waals surface area contributed by atoms with Gasteiger partial charge in [-0.15, -0.1) is 0 Å². The quantitative estimate of drug-likeness (QED) is 0.471. The van der Waals surface area contributed by atoms with Gasteiger partial charge in [0.05, 0.1) is 0 Å². The van der Waals surface area contributed by atoms with Gasteiger partial charge in [0, 0.05) is 0 Å². The third kappa shape index (κ3) is 1.01. The molecule has 1 fully saturated rings. The Balaban J connectivity index is 2.39. The van der Waals surface area contributed by atoms with Gasteiger partial charge in [0.1, 0.15) is 0 Å². The van der Waals surface area contributed by atoms with Crippen molar-refractivity contribution in [2.45, 2.75) is 13.8 Å². The molecule has 1 saturated heterocycles. The van der Waals surface area contributed by atoms with E-state index in [0.717, 1.165) is 18.2 Å². The van der Waals surface area contributed by atoms with E-state index in [9.17, 15) is 5.21 Å². The summed E-state index contributed by atoms with van der Waals surface area (Å²) in [6.45, 7) is 5.73. The molecule has 0 aromatic heterocycles. The summed E-state index contributed by atoms with van der Waals surface area (Å²) >= 11 is 0. The molecule has 2 nitrogen and oxygen atoms in total. The van der Waals surface area contributed by atoms with Gasteiger partial charge in [0.2, 0.25) is 0 Å². The smallest absolute Gasteiger partial charge is 0.0115 e. The normalized spacial score (nSPS) is 40.9. The first kappa shape index (κ1) is 6.05.